The summed E-state index contributed by atoms with van der Waals surface area (Å²) in [4.78, 5) is 22.4. The van der Waals surface area contributed by atoms with E-state index in [2.05, 4.69) is 5.32 Å². The topological polar surface area (TPSA) is 66.4 Å². The fourth-order valence-electron chi connectivity index (χ4n) is 1.38. The number of nitrogens with one attached hydrogen (secondary N) is 1. The van der Waals surface area contributed by atoms with E-state index in [0.29, 0.717) is 18.8 Å². The van der Waals surface area contributed by atoms with Crippen LogP contribution in [0.2, 0.25) is 0 Å². The number of carbonyl (C=O) groups is 2. The number of rotatable bonds is 8. The van der Waals surface area contributed by atoms with Gasteiger partial charge in [0, 0.05) is 6.42 Å². The molecule has 0 spiro atoms. The molecule has 0 heterocycles. The Morgan fingerprint density at radius 2 is 1.94 bits per heavy atom. The second kappa shape index (κ2) is 8.13. The van der Waals surface area contributed by atoms with Crippen molar-refractivity contribution in [2.45, 2.75) is 58.9 Å². The first-order valence-electron chi connectivity index (χ1n) is 6.03. The highest BCUT2D eigenvalue weighted by atomic mass is 16.4. The molecule has 16 heavy (non-hydrogen) atoms. The second-order valence-electron chi connectivity index (χ2n) is 4.32. The van der Waals surface area contributed by atoms with Crippen LogP contribution in [-0.2, 0) is 9.59 Å². The standard InChI is InChI=1S/C12H23NO3/c1-4-6-7-10(12(15)16)13-11(14)8-9(3)5-2/h9-10H,4-8H2,1-3H3,(H,13,14)(H,15,16)/t9?,10-/m0/s1. The van der Waals surface area contributed by atoms with Crippen LogP contribution in [0.5, 0.6) is 0 Å². The minimum Gasteiger partial charge on any atom is -0.480 e. The fourth-order valence-corrected chi connectivity index (χ4v) is 1.38. The zero-order chi connectivity index (χ0) is 12.6. The van der Waals surface area contributed by atoms with Crippen molar-refractivity contribution in [2.24, 2.45) is 5.92 Å². The summed E-state index contributed by atoms with van der Waals surface area (Å²) in [5.41, 5.74) is 0. The Bertz CT molecular complexity index is 228. The minimum absolute atomic E-state index is 0.155. The van der Waals surface area contributed by atoms with E-state index < -0.39 is 12.0 Å². The smallest absolute Gasteiger partial charge is 0.326 e. The molecule has 4 nitrogen and oxygen atoms in total. The van der Waals surface area contributed by atoms with Crippen molar-refractivity contribution in [1.29, 1.82) is 0 Å². The molecule has 0 aliphatic carbocycles. The van der Waals surface area contributed by atoms with Gasteiger partial charge >= 0.3 is 5.97 Å². The van der Waals surface area contributed by atoms with Crippen molar-refractivity contribution < 1.29 is 14.7 Å². The van der Waals surface area contributed by atoms with E-state index in [4.69, 9.17) is 5.11 Å². The highest BCUT2D eigenvalue weighted by Crippen LogP contribution is 2.07. The molecule has 0 radical (unpaired) electrons. The van der Waals surface area contributed by atoms with Crippen LogP contribution in [0.25, 0.3) is 0 Å². The van der Waals surface area contributed by atoms with Crippen LogP contribution in [0.15, 0.2) is 0 Å². The number of carboxylic acids is 1. The van der Waals surface area contributed by atoms with E-state index in [1.165, 1.54) is 0 Å². The molecule has 0 aromatic heterocycles. The molecule has 0 saturated heterocycles. The van der Waals surface area contributed by atoms with E-state index in [1.807, 2.05) is 20.8 Å². The summed E-state index contributed by atoms with van der Waals surface area (Å²) in [6.07, 6.45) is 3.61. The summed E-state index contributed by atoms with van der Waals surface area (Å²) in [5.74, 6) is -0.788. The van der Waals surface area contributed by atoms with Crippen LogP contribution in [0, 0.1) is 5.92 Å². The molecule has 0 saturated carbocycles. The molecule has 0 aromatic rings. The Kier molecular flexibility index (Phi) is 7.60. The molecule has 0 fully saturated rings. The molecule has 0 aliphatic rings. The van der Waals surface area contributed by atoms with E-state index in [-0.39, 0.29) is 5.91 Å². The van der Waals surface area contributed by atoms with Gasteiger partial charge in [-0.2, -0.15) is 0 Å². The van der Waals surface area contributed by atoms with Gasteiger partial charge in [0.2, 0.25) is 5.91 Å². The third-order valence-electron chi connectivity index (χ3n) is 2.71. The summed E-state index contributed by atoms with van der Waals surface area (Å²) in [7, 11) is 0. The van der Waals surface area contributed by atoms with Gasteiger partial charge in [-0.05, 0) is 12.3 Å². The maximum atomic E-state index is 11.5. The van der Waals surface area contributed by atoms with Gasteiger partial charge in [-0.15, -0.1) is 0 Å². The predicted octanol–water partition coefficient (Wildman–Crippen LogP) is 2.18. The van der Waals surface area contributed by atoms with Crippen LogP contribution >= 0.6 is 0 Å². The van der Waals surface area contributed by atoms with Crippen LogP contribution in [0.4, 0.5) is 0 Å². The van der Waals surface area contributed by atoms with Crippen molar-refractivity contribution in [3.05, 3.63) is 0 Å². The molecular weight excluding hydrogens is 206 g/mol. The molecule has 2 atom stereocenters. The second-order valence-corrected chi connectivity index (χ2v) is 4.32. The first kappa shape index (κ1) is 14.9. The molecule has 0 aromatic carbocycles. The summed E-state index contributed by atoms with van der Waals surface area (Å²) in [6, 6.07) is -0.725. The average molecular weight is 229 g/mol. The SMILES string of the molecule is CCCC[C@H](NC(=O)CC(C)CC)C(=O)O. The van der Waals surface area contributed by atoms with Gasteiger partial charge in [-0.25, -0.2) is 4.79 Å². The van der Waals surface area contributed by atoms with Gasteiger partial charge in [0.05, 0.1) is 0 Å². The van der Waals surface area contributed by atoms with Crippen molar-refractivity contribution in [1.82, 2.24) is 5.32 Å². The van der Waals surface area contributed by atoms with E-state index in [9.17, 15) is 9.59 Å². The highest BCUT2D eigenvalue weighted by molar-refractivity contribution is 5.83. The van der Waals surface area contributed by atoms with Gasteiger partial charge in [0.25, 0.3) is 0 Å². The largest absolute Gasteiger partial charge is 0.480 e. The van der Waals surface area contributed by atoms with Gasteiger partial charge in [-0.1, -0.05) is 40.0 Å². The van der Waals surface area contributed by atoms with Gasteiger partial charge < -0.3 is 10.4 Å². The fraction of sp³-hybridized carbons (Fsp3) is 0.833. The lowest BCUT2D eigenvalue weighted by Gasteiger charge is -2.15. The van der Waals surface area contributed by atoms with Crippen LogP contribution < -0.4 is 5.32 Å². The molecule has 0 bridgehead atoms. The molecule has 0 aliphatic heterocycles. The summed E-state index contributed by atoms with van der Waals surface area (Å²) >= 11 is 0. The lowest BCUT2D eigenvalue weighted by Crippen LogP contribution is -2.41. The predicted molar refractivity (Wildman–Crippen MR) is 63.2 cm³/mol. The third kappa shape index (κ3) is 6.43. The first-order chi connectivity index (χ1) is 7.51. The van der Waals surface area contributed by atoms with Gasteiger partial charge in [0.1, 0.15) is 6.04 Å². The number of hydrogen-bond acceptors (Lipinski definition) is 2. The Balaban J connectivity index is 4.07. The molecule has 4 heteroatoms. The first-order valence-corrected chi connectivity index (χ1v) is 6.03. The number of unbranched alkanes of at least 4 members (excludes halogenated alkanes) is 1. The van der Waals surface area contributed by atoms with E-state index in [0.717, 1.165) is 19.3 Å². The zero-order valence-electron chi connectivity index (χ0n) is 10.5. The molecule has 0 rings (SSSR count). The van der Waals surface area contributed by atoms with Crippen molar-refractivity contribution in [2.75, 3.05) is 0 Å². The van der Waals surface area contributed by atoms with Crippen molar-refractivity contribution in [3.63, 3.8) is 0 Å². The molecule has 1 unspecified atom stereocenters. The summed E-state index contributed by atoms with van der Waals surface area (Å²) in [6.45, 7) is 6.00. The Labute approximate surface area is 97.4 Å². The van der Waals surface area contributed by atoms with Crippen LogP contribution in [0.1, 0.15) is 52.9 Å². The van der Waals surface area contributed by atoms with E-state index >= 15 is 0 Å². The normalized spacial score (nSPS) is 14.2. The monoisotopic (exact) mass is 229 g/mol. The third-order valence-corrected chi connectivity index (χ3v) is 2.71. The maximum Gasteiger partial charge on any atom is 0.326 e. The highest BCUT2D eigenvalue weighted by Gasteiger charge is 2.19. The summed E-state index contributed by atoms with van der Waals surface area (Å²) < 4.78 is 0. The Hall–Kier alpha value is -1.06. The van der Waals surface area contributed by atoms with Gasteiger partial charge in [-0.3, -0.25) is 4.79 Å². The molecule has 94 valence electrons. The lowest BCUT2D eigenvalue weighted by atomic mass is 10.0. The lowest BCUT2D eigenvalue weighted by molar-refractivity contribution is -0.142. The Morgan fingerprint density at radius 1 is 1.31 bits per heavy atom. The quantitative estimate of drug-likeness (QED) is 0.670. The number of carboxylic acid groups (broad SMARTS) is 1. The molecule has 1 amide bonds. The van der Waals surface area contributed by atoms with Crippen LogP contribution in [0.3, 0.4) is 0 Å². The van der Waals surface area contributed by atoms with Crippen LogP contribution in [-0.4, -0.2) is 23.0 Å². The van der Waals surface area contributed by atoms with Crippen molar-refractivity contribution in [3.8, 4) is 0 Å². The van der Waals surface area contributed by atoms with E-state index in [1.54, 1.807) is 0 Å². The minimum atomic E-state index is -0.939. The number of hydrogen-bond donors (Lipinski definition) is 2. The molecular formula is C12H23NO3. The van der Waals surface area contributed by atoms with Gasteiger partial charge in [0.15, 0.2) is 0 Å². The molecule has 2 N–H and O–H groups in total. The average Bonchev–Trinajstić information content (AvgIpc) is 2.23. The maximum absolute atomic E-state index is 11.5. The zero-order valence-corrected chi connectivity index (χ0v) is 10.5. The summed E-state index contributed by atoms with van der Waals surface area (Å²) in [5, 5.41) is 11.5. The number of amides is 1. The number of aliphatic carboxylic acids is 1. The Morgan fingerprint density at radius 3 is 2.38 bits per heavy atom. The van der Waals surface area contributed by atoms with Crippen molar-refractivity contribution >= 4 is 11.9 Å². The number of carbonyl (C=O) groups excluding carboxylic acids is 1.